The van der Waals surface area contributed by atoms with Crippen molar-refractivity contribution in [3.8, 4) is 5.75 Å². The minimum atomic E-state index is -1.36. The van der Waals surface area contributed by atoms with Gasteiger partial charge < -0.3 is 10.4 Å². The van der Waals surface area contributed by atoms with Crippen LogP contribution in [-0.2, 0) is 26.3 Å². The number of hydrogen-bond donors (Lipinski definition) is 3. The molecule has 7 nitrogen and oxygen atoms in total. The summed E-state index contributed by atoms with van der Waals surface area (Å²) in [5.41, 5.74) is 1.20. The highest BCUT2D eigenvalue weighted by atomic mass is 35.5. The number of carbonyl (C=O) groups is 3. The second-order valence-corrected chi connectivity index (χ2v) is 9.36. The van der Waals surface area contributed by atoms with Crippen LogP contribution in [0.25, 0.3) is 0 Å². The molecule has 2 fully saturated rings. The second-order valence-electron chi connectivity index (χ2n) is 8.92. The fourth-order valence-electron chi connectivity index (χ4n) is 5.69. The van der Waals surface area contributed by atoms with Crippen molar-refractivity contribution in [1.82, 2.24) is 5.32 Å². The van der Waals surface area contributed by atoms with E-state index < -0.39 is 29.3 Å². The molecule has 4 atom stereocenters. The summed E-state index contributed by atoms with van der Waals surface area (Å²) in [6.07, 6.45) is 0.404. The van der Waals surface area contributed by atoms with Crippen molar-refractivity contribution in [1.29, 1.82) is 0 Å². The molecule has 0 aromatic heterocycles. The number of phenols is 1. The molecule has 8 heteroatoms. The number of halogens is 1. The quantitative estimate of drug-likeness (QED) is 0.507. The highest BCUT2D eigenvalue weighted by Gasteiger charge is 2.70. The Balaban J connectivity index is 1.49. The van der Waals surface area contributed by atoms with Gasteiger partial charge in [0.1, 0.15) is 11.3 Å². The monoisotopic (exact) mass is 473 g/mol. The van der Waals surface area contributed by atoms with E-state index in [1.165, 1.54) is 4.90 Å². The zero-order chi connectivity index (χ0) is 23.6. The van der Waals surface area contributed by atoms with Crippen LogP contribution in [0.5, 0.6) is 5.75 Å². The van der Waals surface area contributed by atoms with Crippen LogP contribution in [0, 0.1) is 11.8 Å². The van der Waals surface area contributed by atoms with Crippen LogP contribution in [0.15, 0.2) is 72.8 Å². The smallest absolute Gasteiger partial charge is 0.250 e. The Morgan fingerprint density at radius 1 is 0.941 bits per heavy atom. The number of para-hydroxylation sites is 1. The third-order valence-corrected chi connectivity index (χ3v) is 7.32. The molecule has 0 radical (unpaired) electrons. The van der Waals surface area contributed by atoms with Crippen LogP contribution in [-0.4, -0.2) is 28.9 Å². The predicted octanol–water partition coefficient (Wildman–Crippen LogP) is 3.21. The number of amides is 3. The summed E-state index contributed by atoms with van der Waals surface area (Å²) in [4.78, 5) is 42.3. The van der Waals surface area contributed by atoms with Crippen LogP contribution in [0.2, 0.25) is 5.02 Å². The first-order valence-corrected chi connectivity index (χ1v) is 11.4. The van der Waals surface area contributed by atoms with Gasteiger partial charge in [-0.3, -0.25) is 19.7 Å². The largest absolute Gasteiger partial charge is 0.508 e. The molecule has 2 saturated heterocycles. The normalized spacial score (nSPS) is 27.3. The minimum absolute atomic E-state index is 0.140. The maximum absolute atomic E-state index is 13.9. The lowest BCUT2D eigenvalue weighted by Gasteiger charge is -2.29. The van der Waals surface area contributed by atoms with Gasteiger partial charge in [-0.05, 0) is 48.4 Å². The molecular formula is C26H20ClN3O4. The number of nitrogens with one attached hydrogen (secondary N) is 2. The number of hydrogen-bond acceptors (Lipinski definition) is 5. The van der Waals surface area contributed by atoms with E-state index in [1.807, 2.05) is 18.2 Å². The topological polar surface area (TPSA) is 98.7 Å². The van der Waals surface area contributed by atoms with E-state index in [9.17, 15) is 19.5 Å². The van der Waals surface area contributed by atoms with Crippen LogP contribution in [0.3, 0.4) is 0 Å². The van der Waals surface area contributed by atoms with Crippen molar-refractivity contribution in [2.45, 2.75) is 18.0 Å². The summed E-state index contributed by atoms with van der Waals surface area (Å²) in [7, 11) is 0. The number of rotatable bonds is 3. The molecular weight excluding hydrogens is 454 g/mol. The number of carbonyl (C=O) groups excluding carboxylic acids is 3. The first kappa shape index (κ1) is 20.9. The van der Waals surface area contributed by atoms with Gasteiger partial charge in [0.05, 0.1) is 17.5 Å². The lowest BCUT2D eigenvalue weighted by Crippen LogP contribution is -2.53. The van der Waals surface area contributed by atoms with E-state index in [0.717, 1.165) is 5.56 Å². The molecule has 3 aliphatic heterocycles. The van der Waals surface area contributed by atoms with Crippen LogP contribution in [0.4, 0.5) is 11.4 Å². The molecule has 3 aliphatic rings. The van der Waals surface area contributed by atoms with Crippen molar-refractivity contribution in [2.24, 2.45) is 11.8 Å². The average Bonchev–Trinajstić information content (AvgIpc) is 3.40. The SMILES string of the molecule is O=C1[C@@H]2[C@H](Cc3ccc(O)cc3)N[C@@]3(C(=O)Nc4ccccc43)[C@@H]2C(=O)N1c1cccc(Cl)c1. The number of fused-ring (bicyclic) bond motifs is 4. The number of aromatic hydroxyl groups is 1. The number of imide groups is 1. The van der Waals surface area contributed by atoms with Gasteiger partial charge in [-0.25, -0.2) is 4.90 Å². The Hall–Kier alpha value is -3.68. The number of nitrogens with zero attached hydrogens (tertiary/aromatic N) is 1. The third-order valence-electron chi connectivity index (χ3n) is 7.08. The fraction of sp³-hybridized carbons (Fsp3) is 0.192. The maximum Gasteiger partial charge on any atom is 0.250 e. The molecule has 0 unspecified atom stereocenters. The zero-order valence-electron chi connectivity index (χ0n) is 17.9. The molecule has 3 N–H and O–H groups in total. The zero-order valence-corrected chi connectivity index (χ0v) is 18.6. The van der Waals surface area contributed by atoms with Gasteiger partial charge in [-0.15, -0.1) is 0 Å². The standard InChI is InChI=1S/C26H20ClN3O4/c27-15-4-3-5-16(13-15)30-23(32)21-20(12-14-8-10-17(31)11-9-14)29-26(22(21)24(30)33)18-6-1-2-7-19(18)28-25(26)34/h1-11,13,20-22,29,31H,12H2,(H,28,34)/t20-,21+,22-,26+/m0/s1. The Morgan fingerprint density at radius 3 is 2.47 bits per heavy atom. The van der Waals surface area contributed by atoms with Gasteiger partial charge in [0.2, 0.25) is 17.7 Å². The van der Waals surface area contributed by atoms with Crippen molar-refractivity contribution >= 4 is 40.7 Å². The molecule has 0 saturated carbocycles. The molecule has 0 bridgehead atoms. The van der Waals surface area contributed by atoms with Crippen LogP contribution < -0.4 is 15.5 Å². The van der Waals surface area contributed by atoms with E-state index in [1.54, 1.807) is 54.6 Å². The summed E-state index contributed by atoms with van der Waals surface area (Å²) in [6, 6.07) is 20.1. The molecule has 3 aromatic rings. The maximum atomic E-state index is 13.9. The fourth-order valence-corrected chi connectivity index (χ4v) is 5.87. The number of anilines is 2. The van der Waals surface area contributed by atoms with E-state index in [4.69, 9.17) is 11.6 Å². The van der Waals surface area contributed by atoms with E-state index >= 15 is 0 Å². The Bertz CT molecular complexity index is 1360. The molecule has 6 rings (SSSR count). The van der Waals surface area contributed by atoms with Gasteiger partial charge in [0.25, 0.3) is 0 Å². The van der Waals surface area contributed by atoms with Crippen molar-refractivity contribution in [3.05, 3.63) is 88.9 Å². The highest BCUT2D eigenvalue weighted by Crippen LogP contribution is 2.53. The molecule has 1 spiro atoms. The van der Waals surface area contributed by atoms with E-state index in [0.29, 0.717) is 28.4 Å². The number of phenolic OH excluding ortho intramolecular Hbond substituents is 1. The van der Waals surface area contributed by atoms with Crippen LogP contribution >= 0.6 is 11.6 Å². The van der Waals surface area contributed by atoms with E-state index in [2.05, 4.69) is 10.6 Å². The average molecular weight is 474 g/mol. The third kappa shape index (κ3) is 2.84. The van der Waals surface area contributed by atoms with Gasteiger partial charge in [-0.1, -0.05) is 48.0 Å². The molecule has 3 aromatic carbocycles. The lowest BCUT2D eigenvalue weighted by atomic mass is 9.76. The summed E-state index contributed by atoms with van der Waals surface area (Å²) < 4.78 is 0. The highest BCUT2D eigenvalue weighted by molar-refractivity contribution is 6.31. The van der Waals surface area contributed by atoms with Gasteiger partial charge >= 0.3 is 0 Å². The second kappa shape index (κ2) is 7.41. The summed E-state index contributed by atoms with van der Waals surface area (Å²) >= 11 is 6.15. The Labute approximate surface area is 200 Å². The van der Waals surface area contributed by atoms with Gasteiger partial charge in [0, 0.05) is 22.3 Å². The van der Waals surface area contributed by atoms with Crippen molar-refractivity contribution in [3.63, 3.8) is 0 Å². The first-order valence-electron chi connectivity index (χ1n) is 11.0. The van der Waals surface area contributed by atoms with Gasteiger partial charge in [0.15, 0.2) is 0 Å². The summed E-state index contributed by atoms with van der Waals surface area (Å²) in [5.74, 6) is -2.65. The minimum Gasteiger partial charge on any atom is -0.508 e. The van der Waals surface area contributed by atoms with Crippen LogP contribution in [0.1, 0.15) is 11.1 Å². The Morgan fingerprint density at radius 2 is 1.71 bits per heavy atom. The molecule has 34 heavy (non-hydrogen) atoms. The molecule has 3 amide bonds. The molecule has 3 heterocycles. The summed E-state index contributed by atoms with van der Waals surface area (Å²) in [5, 5.41) is 16.4. The predicted molar refractivity (Wildman–Crippen MR) is 126 cm³/mol. The lowest BCUT2D eigenvalue weighted by molar-refractivity contribution is -0.130. The molecule has 170 valence electrons. The first-order chi connectivity index (χ1) is 16.4. The molecule has 0 aliphatic carbocycles. The van der Waals surface area contributed by atoms with Gasteiger partial charge in [-0.2, -0.15) is 0 Å². The number of benzene rings is 3. The van der Waals surface area contributed by atoms with Crippen molar-refractivity contribution in [2.75, 3.05) is 10.2 Å². The summed E-state index contributed by atoms with van der Waals surface area (Å²) in [6.45, 7) is 0. The van der Waals surface area contributed by atoms with Crippen molar-refractivity contribution < 1.29 is 19.5 Å². The Kier molecular flexibility index (Phi) is 4.56. The van der Waals surface area contributed by atoms with E-state index in [-0.39, 0.29) is 17.6 Å².